The van der Waals surface area contributed by atoms with Crippen LogP contribution < -0.4 is 5.32 Å². The van der Waals surface area contributed by atoms with Gasteiger partial charge in [-0.1, -0.05) is 27.7 Å². The Kier molecular flexibility index (Phi) is 10.0. The Morgan fingerprint density at radius 2 is 1.72 bits per heavy atom. The first kappa shape index (κ1) is 27.1. The predicted molar refractivity (Wildman–Crippen MR) is 102 cm³/mol. The molecule has 0 fully saturated rings. The Labute approximate surface area is 170 Å². The Bertz CT molecular complexity index is 688. The zero-order valence-electron chi connectivity index (χ0n) is 17.6. The molecule has 0 aliphatic heterocycles. The molecule has 0 aromatic carbocycles. The maximum Gasteiger partial charge on any atom is 0.508 e. The molecule has 0 radical (unpaired) electrons. The summed E-state index contributed by atoms with van der Waals surface area (Å²) in [6.45, 7) is 6.35. The molecule has 0 spiro atoms. The minimum Gasteiger partial charge on any atom is -0.479 e. The van der Waals surface area contributed by atoms with Crippen LogP contribution in [-0.2, 0) is 33.4 Å². The van der Waals surface area contributed by atoms with Crippen molar-refractivity contribution in [3.05, 3.63) is 0 Å². The monoisotopic (exact) mass is 441 g/mol. The second kappa shape index (κ2) is 10.7. The summed E-state index contributed by atoms with van der Waals surface area (Å²) in [7, 11) is -3.03. The van der Waals surface area contributed by atoms with Crippen LogP contribution in [0.4, 0.5) is 4.79 Å². The third-order valence-corrected chi connectivity index (χ3v) is 5.57. The van der Waals surface area contributed by atoms with Crippen molar-refractivity contribution in [1.29, 1.82) is 0 Å². The van der Waals surface area contributed by atoms with Crippen molar-refractivity contribution in [3.63, 3.8) is 0 Å². The summed E-state index contributed by atoms with van der Waals surface area (Å²) < 4.78 is 38.4. The van der Waals surface area contributed by atoms with Gasteiger partial charge in [0, 0.05) is 18.9 Å². The van der Waals surface area contributed by atoms with E-state index in [9.17, 15) is 33.0 Å². The number of hydrogen-bond donors (Lipinski definition) is 3. The molecule has 0 bridgehead atoms. The van der Waals surface area contributed by atoms with E-state index in [0.717, 1.165) is 7.11 Å². The first-order valence-corrected chi connectivity index (χ1v) is 10.5. The van der Waals surface area contributed by atoms with Crippen molar-refractivity contribution < 1.29 is 46.7 Å². The average Bonchev–Trinajstić information content (AvgIpc) is 2.60. The second-order valence-electron chi connectivity index (χ2n) is 7.55. The van der Waals surface area contributed by atoms with Crippen LogP contribution in [0, 0.1) is 11.3 Å². The number of nitrogens with one attached hydrogen (secondary N) is 1. The number of carbonyl (C=O) groups is 3. The number of hydrogen-bond acceptors (Lipinski definition) is 9. The van der Waals surface area contributed by atoms with Crippen LogP contribution in [0.1, 0.15) is 41.0 Å². The topological polar surface area (TPSA) is 166 Å². The fourth-order valence-corrected chi connectivity index (χ4v) is 3.66. The number of carboxylic acids is 1. The maximum atomic E-state index is 12.1. The van der Waals surface area contributed by atoms with Gasteiger partial charge in [-0.05, 0) is 12.3 Å². The third kappa shape index (κ3) is 7.78. The molecule has 0 aromatic rings. The summed E-state index contributed by atoms with van der Waals surface area (Å²) >= 11 is 0. The molecular weight excluding hydrogens is 410 g/mol. The summed E-state index contributed by atoms with van der Waals surface area (Å²) in [5.74, 6) is -3.08. The molecule has 12 heteroatoms. The van der Waals surface area contributed by atoms with Crippen LogP contribution in [0.15, 0.2) is 0 Å². The summed E-state index contributed by atoms with van der Waals surface area (Å²) in [6.07, 6.45) is -2.65. The van der Waals surface area contributed by atoms with Crippen LogP contribution in [0.3, 0.4) is 0 Å². The van der Waals surface area contributed by atoms with Gasteiger partial charge in [0.05, 0.1) is 19.5 Å². The summed E-state index contributed by atoms with van der Waals surface area (Å²) in [5, 5.41) is 23.2. The molecule has 29 heavy (non-hydrogen) atoms. The van der Waals surface area contributed by atoms with E-state index in [4.69, 9.17) is 8.92 Å². The maximum absolute atomic E-state index is 12.1. The number of ether oxygens (including phenoxy) is 2. The highest BCUT2D eigenvalue weighted by atomic mass is 32.2. The lowest BCUT2D eigenvalue weighted by Crippen LogP contribution is -2.63. The van der Waals surface area contributed by atoms with Gasteiger partial charge in [-0.3, -0.25) is 8.98 Å². The molecule has 0 aromatic heterocycles. The molecule has 0 saturated carbocycles. The smallest absolute Gasteiger partial charge is 0.479 e. The molecule has 0 saturated heterocycles. The number of methoxy groups -OCH3 is 1. The normalized spacial score (nSPS) is 15.3. The number of aliphatic hydroxyl groups is 1. The largest absolute Gasteiger partial charge is 0.508 e. The van der Waals surface area contributed by atoms with Crippen LogP contribution in [0.5, 0.6) is 0 Å². The quantitative estimate of drug-likeness (QED) is 0.221. The Morgan fingerprint density at radius 1 is 1.17 bits per heavy atom. The Morgan fingerprint density at radius 3 is 2.14 bits per heavy atom. The molecule has 0 aliphatic carbocycles. The minimum absolute atomic E-state index is 0.0889. The summed E-state index contributed by atoms with van der Waals surface area (Å²) in [6, 6.07) is 0. The Hall–Kier alpha value is -1.92. The van der Waals surface area contributed by atoms with E-state index >= 15 is 0 Å². The van der Waals surface area contributed by atoms with E-state index in [1.165, 1.54) is 34.6 Å². The molecule has 0 rings (SSSR count). The standard InChI is InChI=1S/C17H31NO10S/c1-11(2)13(28-15(22)26-6)17(23,14(20)21)16(4,5)10-27-29(24,25)9-7-8-18-12(3)19/h11,13,23H,7-10H2,1-6H3,(H,18,19)(H,20,21)/t13?,17-/m1/s1. The van der Waals surface area contributed by atoms with Gasteiger partial charge in [0.1, 0.15) is 6.10 Å². The molecule has 1 amide bonds. The number of aliphatic carboxylic acids is 1. The number of amides is 1. The van der Waals surface area contributed by atoms with E-state index in [-0.39, 0.29) is 18.9 Å². The highest BCUT2D eigenvalue weighted by molar-refractivity contribution is 7.86. The van der Waals surface area contributed by atoms with Crippen molar-refractivity contribution in [2.24, 2.45) is 11.3 Å². The lowest BCUT2D eigenvalue weighted by Gasteiger charge is -2.44. The lowest BCUT2D eigenvalue weighted by molar-refractivity contribution is -0.206. The van der Waals surface area contributed by atoms with E-state index in [2.05, 4.69) is 10.1 Å². The Balaban J connectivity index is 5.46. The van der Waals surface area contributed by atoms with E-state index in [1.54, 1.807) is 0 Å². The summed E-state index contributed by atoms with van der Waals surface area (Å²) in [5.41, 5.74) is -4.37. The van der Waals surface area contributed by atoms with Crippen LogP contribution in [0.25, 0.3) is 0 Å². The molecule has 1 unspecified atom stereocenters. The lowest BCUT2D eigenvalue weighted by atomic mass is 9.69. The van der Waals surface area contributed by atoms with Crippen LogP contribution >= 0.6 is 0 Å². The molecule has 170 valence electrons. The highest BCUT2D eigenvalue weighted by Crippen LogP contribution is 2.39. The van der Waals surface area contributed by atoms with Gasteiger partial charge in [-0.25, -0.2) is 9.59 Å². The van der Waals surface area contributed by atoms with Gasteiger partial charge < -0.3 is 25.0 Å². The van der Waals surface area contributed by atoms with Gasteiger partial charge in [0.15, 0.2) is 0 Å². The van der Waals surface area contributed by atoms with E-state index in [1.807, 2.05) is 0 Å². The highest BCUT2D eigenvalue weighted by Gasteiger charge is 2.59. The van der Waals surface area contributed by atoms with Crippen LogP contribution in [0.2, 0.25) is 0 Å². The number of carbonyl (C=O) groups excluding carboxylic acids is 2. The van der Waals surface area contributed by atoms with Crippen LogP contribution in [-0.4, -0.2) is 74.4 Å². The number of carboxylic acid groups (broad SMARTS) is 1. The zero-order valence-corrected chi connectivity index (χ0v) is 18.4. The molecule has 0 heterocycles. The van der Waals surface area contributed by atoms with Crippen molar-refractivity contribution in [1.82, 2.24) is 5.32 Å². The fraction of sp³-hybridized carbons (Fsp3) is 0.824. The van der Waals surface area contributed by atoms with Gasteiger partial charge >= 0.3 is 12.1 Å². The van der Waals surface area contributed by atoms with Crippen molar-refractivity contribution in [2.45, 2.75) is 52.7 Å². The molecule has 0 aliphatic rings. The van der Waals surface area contributed by atoms with E-state index < -0.39 is 57.6 Å². The first-order valence-electron chi connectivity index (χ1n) is 8.92. The predicted octanol–water partition coefficient (Wildman–Crippen LogP) is 0.509. The minimum atomic E-state index is -4.06. The number of rotatable bonds is 12. The van der Waals surface area contributed by atoms with Crippen molar-refractivity contribution >= 4 is 28.1 Å². The first-order chi connectivity index (χ1) is 13.1. The fourth-order valence-electron chi connectivity index (χ4n) is 2.57. The van der Waals surface area contributed by atoms with Gasteiger partial charge in [0.2, 0.25) is 11.5 Å². The molecule has 11 nitrogen and oxygen atoms in total. The van der Waals surface area contributed by atoms with Gasteiger partial charge in [0.25, 0.3) is 10.1 Å². The van der Waals surface area contributed by atoms with Crippen molar-refractivity contribution in [2.75, 3.05) is 26.0 Å². The third-order valence-electron chi connectivity index (χ3n) is 4.31. The zero-order chi connectivity index (χ0) is 23.0. The second-order valence-corrected chi connectivity index (χ2v) is 9.31. The molecular formula is C17H31NO10S. The van der Waals surface area contributed by atoms with Crippen molar-refractivity contribution in [3.8, 4) is 0 Å². The van der Waals surface area contributed by atoms with E-state index in [0.29, 0.717) is 0 Å². The molecule has 2 atom stereocenters. The summed E-state index contributed by atoms with van der Waals surface area (Å²) in [4.78, 5) is 34.3. The van der Waals surface area contributed by atoms with Gasteiger partial charge in [-0.2, -0.15) is 8.42 Å². The molecule has 3 N–H and O–H groups in total. The SMILES string of the molecule is COC(=O)OC(C(C)C)[C@@](O)(C(=O)O)C(C)(C)COS(=O)(=O)CCCNC(C)=O. The average molecular weight is 441 g/mol. The van der Waals surface area contributed by atoms with Gasteiger partial charge in [-0.15, -0.1) is 0 Å².